The van der Waals surface area contributed by atoms with Gasteiger partial charge in [0.25, 0.3) is 12.3 Å². The number of imidazole rings is 1. The second kappa shape index (κ2) is 8.08. The summed E-state index contributed by atoms with van der Waals surface area (Å²) in [5.41, 5.74) is 3.48. The molecule has 1 amide bonds. The summed E-state index contributed by atoms with van der Waals surface area (Å²) in [5, 5.41) is 8.77. The van der Waals surface area contributed by atoms with Crippen molar-refractivity contribution in [3.05, 3.63) is 77.2 Å². The predicted octanol–water partition coefficient (Wildman–Crippen LogP) is 4.05. The molecule has 6 heterocycles. The maximum atomic E-state index is 14.1. The van der Waals surface area contributed by atoms with Gasteiger partial charge in [0, 0.05) is 49.6 Å². The van der Waals surface area contributed by atoms with E-state index in [0.29, 0.717) is 47.0 Å². The number of fused-ring (bicyclic) bond motifs is 2. The molecule has 12 heteroatoms. The van der Waals surface area contributed by atoms with Crippen molar-refractivity contribution in [2.75, 3.05) is 6.54 Å². The molecule has 37 heavy (non-hydrogen) atoms. The second-order valence-electron chi connectivity index (χ2n) is 9.49. The number of halogens is 2. The molecule has 2 aliphatic rings. The summed E-state index contributed by atoms with van der Waals surface area (Å²) < 4.78 is 36.5. The van der Waals surface area contributed by atoms with Gasteiger partial charge in [-0.25, -0.2) is 23.3 Å². The van der Waals surface area contributed by atoms with Gasteiger partial charge in [0.1, 0.15) is 6.04 Å². The van der Waals surface area contributed by atoms with Crippen LogP contribution in [0.1, 0.15) is 70.1 Å². The molecule has 1 unspecified atom stereocenters. The first-order chi connectivity index (χ1) is 18.0. The molecule has 1 fully saturated rings. The highest BCUT2D eigenvalue weighted by molar-refractivity contribution is 5.94. The minimum absolute atomic E-state index is 0.121. The third-order valence-corrected chi connectivity index (χ3v) is 7.02. The summed E-state index contributed by atoms with van der Waals surface area (Å²) in [4.78, 5) is 28.1. The smallest absolute Gasteiger partial charge is 0.292 e. The summed E-state index contributed by atoms with van der Waals surface area (Å²) in [5.74, 6) is 0.388. The molecule has 0 bridgehead atoms. The van der Waals surface area contributed by atoms with Crippen LogP contribution < -0.4 is 0 Å². The topological polar surface area (TPSA) is 110 Å². The van der Waals surface area contributed by atoms with Gasteiger partial charge in [0.05, 0.1) is 40.7 Å². The van der Waals surface area contributed by atoms with E-state index in [1.807, 2.05) is 0 Å². The molecule has 7 rings (SSSR count). The zero-order valence-electron chi connectivity index (χ0n) is 19.8. The number of aryl methyl sites for hydroxylation is 1. The van der Waals surface area contributed by atoms with Gasteiger partial charge in [-0.05, 0) is 31.0 Å². The lowest BCUT2D eigenvalue weighted by Crippen LogP contribution is -2.41. The van der Waals surface area contributed by atoms with Crippen LogP contribution in [0.4, 0.5) is 8.78 Å². The number of aromatic nitrogens is 7. The lowest BCUT2D eigenvalue weighted by Gasteiger charge is -2.33. The largest absolute Gasteiger partial charge is 0.430 e. The molecular weight excluding hydrogens is 482 g/mol. The number of carbonyl (C=O) groups excluding carboxylic acids is 1. The SMILES string of the molecule is Cn1cc(-c2nc(C3CC3)c(C(=O)N3CCc4[nH]cnc4C3c3cc4c(C(F)F)cccn4n3)o2)cn1. The molecule has 188 valence electrons. The lowest BCUT2D eigenvalue weighted by molar-refractivity contribution is 0.0653. The van der Waals surface area contributed by atoms with Crippen LogP contribution in [-0.4, -0.2) is 51.7 Å². The van der Waals surface area contributed by atoms with E-state index in [2.05, 4.69) is 25.1 Å². The average molecular weight is 505 g/mol. The number of nitrogens with one attached hydrogen (secondary N) is 1. The van der Waals surface area contributed by atoms with Crippen molar-refractivity contribution >= 4 is 11.4 Å². The number of aromatic amines is 1. The van der Waals surface area contributed by atoms with Crippen LogP contribution in [0.15, 0.2) is 47.5 Å². The van der Waals surface area contributed by atoms with Crippen molar-refractivity contribution in [3.8, 4) is 11.5 Å². The number of rotatable bonds is 5. The number of pyridine rings is 1. The lowest BCUT2D eigenvalue weighted by atomic mass is 9.98. The van der Waals surface area contributed by atoms with Gasteiger partial charge < -0.3 is 14.3 Å². The van der Waals surface area contributed by atoms with Crippen LogP contribution in [0.25, 0.3) is 17.0 Å². The number of hydrogen-bond donors (Lipinski definition) is 1. The van der Waals surface area contributed by atoms with Gasteiger partial charge in [-0.3, -0.25) is 9.48 Å². The van der Waals surface area contributed by atoms with Gasteiger partial charge >= 0.3 is 0 Å². The van der Waals surface area contributed by atoms with Crippen molar-refractivity contribution in [2.24, 2.45) is 7.05 Å². The van der Waals surface area contributed by atoms with E-state index >= 15 is 0 Å². The molecule has 0 radical (unpaired) electrons. The number of H-pyrrole nitrogens is 1. The fourth-order valence-corrected chi connectivity index (χ4v) is 5.07. The Morgan fingerprint density at radius 1 is 1.27 bits per heavy atom. The fraction of sp³-hybridized carbons (Fsp3) is 0.320. The van der Waals surface area contributed by atoms with Crippen LogP contribution in [0.5, 0.6) is 0 Å². The Hall–Kier alpha value is -4.35. The van der Waals surface area contributed by atoms with Crippen molar-refractivity contribution in [1.82, 2.24) is 39.2 Å². The summed E-state index contributed by atoms with van der Waals surface area (Å²) in [7, 11) is 1.80. The summed E-state index contributed by atoms with van der Waals surface area (Å²) in [6, 6.07) is 3.85. The molecule has 5 aromatic rings. The molecular formula is C25H22F2N8O2. The second-order valence-corrected chi connectivity index (χ2v) is 9.49. The van der Waals surface area contributed by atoms with E-state index in [1.165, 1.54) is 16.6 Å². The Kier molecular flexibility index (Phi) is 4.78. The molecule has 5 aromatic heterocycles. The number of carbonyl (C=O) groups is 1. The normalized spacial score (nSPS) is 17.6. The van der Waals surface area contributed by atoms with E-state index in [1.54, 1.807) is 47.6 Å². The number of nitrogens with zero attached hydrogens (tertiary/aromatic N) is 7. The van der Waals surface area contributed by atoms with Gasteiger partial charge in [-0.15, -0.1) is 0 Å². The quantitative estimate of drug-likeness (QED) is 0.387. The molecule has 1 aliphatic heterocycles. The highest BCUT2D eigenvalue weighted by Crippen LogP contribution is 2.44. The van der Waals surface area contributed by atoms with Gasteiger partial charge in [0.15, 0.2) is 0 Å². The first-order valence-electron chi connectivity index (χ1n) is 12.1. The maximum Gasteiger partial charge on any atom is 0.292 e. The van der Waals surface area contributed by atoms with Gasteiger partial charge in [-0.1, -0.05) is 0 Å². The minimum atomic E-state index is -2.65. The first kappa shape index (κ1) is 21.9. The Labute approximate surface area is 208 Å². The zero-order valence-corrected chi connectivity index (χ0v) is 19.8. The van der Waals surface area contributed by atoms with Crippen LogP contribution >= 0.6 is 0 Å². The monoisotopic (exact) mass is 504 g/mol. The molecule has 1 saturated carbocycles. The van der Waals surface area contributed by atoms with Crippen molar-refractivity contribution in [2.45, 2.75) is 37.6 Å². The highest BCUT2D eigenvalue weighted by Gasteiger charge is 2.41. The molecule has 0 spiro atoms. The van der Waals surface area contributed by atoms with Crippen LogP contribution in [0.3, 0.4) is 0 Å². The fourth-order valence-electron chi connectivity index (χ4n) is 5.07. The predicted molar refractivity (Wildman–Crippen MR) is 126 cm³/mol. The number of alkyl halides is 2. The number of oxazole rings is 1. The Balaban J connectivity index is 1.33. The Morgan fingerprint density at radius 3 is 2.89 bits per heavy atom. The molecule has 0 saturated heterocycles. The maximum absolute atomic E-state index is 14.1. The summed E-state index contributed by atoms with van der Waals surface area (Å²) in [6.07, 6.45) is 6.42. The molecule has 10 nitrogen and oxygen atoms in total. The Morgan fingerprint density at radius 2 is 2.14 bits per heavy atom. The van der Waals surface area contributed by atoms with Crippen molar-refractivity contribution in [3.63, 3.8) is 0 Å². The van der Waals surface area contributed by atoms with E-state index in [-0.39, 0.29) is 23.1 Å². The van der Waals surface area contributed by atoms with Gasteiger partial charge in [0.2, 0.25) is 11.7 Å². The molecule has 1 N–H and O–H groups in total. The third kappa shape index (κ3) is 3.54. The highest BCUT2D eigenvalue weighted by atomic mass is 19.3. The average Bonchev–Trinajstić information content (AvgIpc) is 3.29. The Bertz CT molecular complexity index is 1640. The van der Waals surface area contributed by atoms with Crippen LogP contribution in [0, 0.1) is 0 Å². The zero-order chi connectivity index (χ0) is 25.3. The van der Waals surface area contributed by atoms with E-state index in [4.69, 9.17) is 4.42 Å². The van der Waals surface area contributed by atoms with E-state index < -0.39 is 12.5 Å². The number of amides is 1. The number of hydrogen-bond acceptors (Lipinski definition) is 6. The first-order valence-corrected chi connectivity index (χ1v) is 12.1. The van der Waals surface area contributed by atoms with Gasteiger partial charge in [-0.2, -0.15) is 10.2 Å². The summed E-state index contributed by atoms with van der Waals surface area (Å²) in [6.45, 7) is 0.376. The van der Waals surface area contributed by atoms with Crippen LogP contribution in [0.2, 0.25) is 0 Å². The van der Waals surface area contributed by atoms with Crippen molar-refractivity contribution < 1.29 is 18.0 Å². The standard InChI is InChI=1S/C25H22F2N8O2/c1-33-11-14(10-30-33)24-31-19(13-4-5-13)22(37-24)25(36)34-8-6-16-20(29-12-28-16)21(34)17-9-18-15(23(26)27)3-2-7-35(18)32-17/h2-3,7,9-13,21,23H,4-6,8H2,1H3,(H,28,29). The third-order valence-electron chi connectivity index (χ3n) is 7.02. The minimum Gasteiger partial charge on any atom is -0.430 e. The summed E-state index contributed by atoms with van der Waals surface area (Å²) >= 11 is 0. The van der Waals surface area contributed by atoms with Crippen LogP contribution in [-0.2, 0) is 13.5 Å². The van der Waals surface area contributed by atoms with Crippen molar-refractivity contribution in [1.29, 1.82) is 0 Å². The molecule has 0 aromatic carbocycles. The molecule has 1 aliphatic carbocycles. The van der Waals surface area contributed by atoms with E-state index in [9.17, 15) is 13.6 Å². The van der Waals surface area contributed by atoms with E-state index in [0.717, 1.165) is 18.5 Å². The molecule has 1 atom stereocenters.